The topological polar surface area (TPSA) is 59.2 Å². The number of nitrogens with zero attached hydrogens (tertiary/aromatic N) is 3. The Bertz CT molecular complexity index is 1050. The quantitative estimate of drug-likeness (QED) is 0.465. The normalized spacial score (nSPS) is 10.3. The molecular formula is C23H23N3O2. The van der Waals surface area contributed by atoms with Gasteiger partial charge in [-0.2, -0.15) is 0 Å². The van der Waals surface area contributed by atoms with E-state index in [1.165, 1.54) is 5.56 Å². The van der Waals surface area contributed by atoms with Crippen LogP contribution in [-0.4, -0.2) is 29.8 Å². The van der Waals surface area contributed by atoms with Crippen LogP contribution in [0.25, 0.3) is 22.6 Å². The summed E-state index contributed by atoms with van der Waals surface area (Å²) in [4.78, 5) is 21.4. The van der Waals surface area contributed by atoms with Crippen LogP contribution in [0.15, 0.2) is 71.4 Å². The van der Waals surface area contributed by atoms with Gasteiger partial charge in [-0.25, -0.2) is 4.98 Å². The second-order valence-corrected chi connectivity index (χ2v) is 6.73. The molecule has 0 aliphatic heterocycles. The van der Waals surface area contributed by atoms with Crippen molar-refractivity contribution in [1.82, 2.24) is 9.97 Å². The first-order chi connectivity index (χ1) is 13.4. The van der Waals surface area contributed by atoms with Crippen molar-refractivity contribution in [3.63, 3.8) is 0 Å². The second kappa shape index (κ2) is 8.48. The van der Waals surface area contributed by atoms with E-state index in [9.17, 15) is 4.79 Å². The van der Waals surface area contributed by atoms with Crippen LogP contribution in [0.5, 0.6) is 0 Å². The lowest BCUT2D eigenvalue weighted by Gasteiger charge is -2.12. The lowest BCUT2D eigenvalue weighted by Crippen LogP contribution is -2.09. The van der Waals surface area contributed by atoms with E-state index in [4.69, 9.17) is 4.42 Å². The standard InChI is InChI=1S/C13H10N2O.C10H13NO/c1-9-2-4-10(5-3-9)13-15-11-8-14-7-6-12(11)16-13;1-8(12)9-5-4-6-10(7-9)11(2)3/h2-8H,1H3;4-7H,1-3H3. The fourth-order valence-corrected chi connectivity index (χ4v) is 2.60. The first kappa shape index (κ1) is 19.3. The van der Waals surface area contributed by atoms with Crippen molar-refractivity contribution in [2.45, 2.75) is 13.8 Å². The number of aromatic nitrogens is 2. The summed E-state index contributed by atoms with van der Waals surface area (Å²) in [6.45, 7) is 3.63. The molecule has 0 saturated carbocycles. The Morgan fingerprint density at radius 3 is 2.43 bits per heavy atom. The zero-order valence-electron chi connectivity index (χ0n) is 16.5. The van der Waals surface area contributed by atoms with E-state index in [-0.39, 0.29) is 5.78 Å². The van der Waals surface area contributed by atoms with Crippen LogP contribution in [0.2, 0.25) is 0 Å². The van der Waals surface area contributed by atoms with Gasteiger partial charge in [0.1, 0.15) is 5.52 Å². The van der Waals surface area contributed by atoms with Gasteiger partial charge in [-0.05, 0) is 38.1 Å². The molecule has 0 saturated heterocycles. The number of ketones is 1. The fraction of sp³-hybridized carbons (Fsp3) is 0.174. The number of rotatable bonds is 3. The zero-order valence-corrected chi connectivity index (χ0v) is 16.5. The first-order valence-corrected chi connectivity index (χ1v) is 9.00. The van der Waals surface area contributed by atoms with Crippen molar-refractivity contribution in [3.8, 4) is 11.5 Å². The van der Waals surface area contributed by atoms with Crippen molar-refractivity contribution < 1.29 is 9.21 Å². The van der Waals surface area contributed by atoms with Crippen molar-refractivity contribution >= 4 is 22.6 Å². The van der Waals surface area contributed by atoms with Crippen LogP contribution in [0.4, 0.5) is 5.69 Å². The van der Waals surface area contributed by atoms with Crippen LogP contribution in [0.3, 0.4) is 0 Å². The van der Waals surface area contributed by atoms with Gasteiger partial charge in [-0.15, -0.1) is 0 Å². The third kappa shape index (κ3) is 4.62. The van der Waals surface area contributed by atoms with E-state index < -0.39 is 0 Å². The number of pyridine rings is 1. The Morgan fingerprint density at radius 1 is 1.04 bits per heavy atom. The van der Waals surface area contributed by atoms with Crippen LogP contribution in [-0.2, 0) is 0 Å². The van der Waals surface area contributed by atoms with Gasteiger partial charge in [0.2, 0.25) is 5.89 Å². The molecule has 5 nitrogen and oxygen atoms in total. The molecule has 0 amide bonds. The number of carbonyl (C=O) groups is 1. The predicted octanol–water partition coefficient (Wildman–Crippen LogP) is 5.15. The van der Waals surface area contributed by atoms with E-state index in [0.29, 0.717) is 5.89 Å². The summed E-state index contributed by atoms with van der Waals surface area (Å²) in [6.07, 6.45) is 3.41. The Balaban J connectivity index is 0.000000169. The minimum Gasteiger partial charge on any atom is -0.436 e. The molecular weight excluding hydrogens is 350 g/mol. The number of hydrogen-bond acceptors (Lipinski definition) is 5. The SMILES string of the molecule is CC(=O)c1cccc(N(C)C)c1.Cc1ccc(-c2nc3cnccc3o2)cc1. The number of benzene rings is 2. The van der Waals surface area contributed by atoms with Gasteiger partial charge >= 0.3 is 0 Å². The lowest BCUT2D eigenvalue weighted by molar-refractivity contribution is 0.101. The highest BCUT2D eigenvalue weighted by molar-refractivity contribution is 5.94. The van der Waals surface area contributed by atoms with Crippen LogP contribution >= 0.6 is 0 Å². The van der Waals surface area contributed by atoms with Crippen LogP contribution in [0, 0.1) is 6.92 Å². The number of hydrogen-bond donors (Lipinski definition) is 0. The van der Waals surface area contributed by atoms with Crippen LogP contribution in [0.1, 0.15) is 22.8 Å². The Hall–Kier alpha value is -3.47. The summed E-state index contributed by atoms with van der Waals surface area (Å²) in [5.74, 6) is 0.752. The van der Waals surface area contributed by atoms with Gasteiger partial charge in [0.15, 0.2) is 11.4 Å². The molecule has 5 heteroatoms. The Labute approximate surface area is 164 Å². The summed E-state index contributed by atoms with van der Waals surface area (Å²) in [5, 5.41) is 0. The van der Waals surface area contributed by atoms with Gasteiger partial charge in [-0.1, -0.05) is 29.8 Å². The molecule has 4 rings (SSSR count). The van der Waals surface area contributed by atoms with E-state index in [2.05, 4.69) is 16.9 Å². The third-order valence-corrected chi connectivity index (χ3v) is 4.26. The maximum atomic E-state index is 11.0. The molecule has 28 heavy (non-hydrogen) atoms. The molecule has 2 heterocycles. The average Bonchev–Trinajstić information content (AvgIpc) is 3.13. The Kier molecular flexibility index (Phi) is 5.84. The van der Waals surface area contributed by atoms with Gasteiger partial charge in [-0.3, -0.25) is 9.78 Å². The highest BCUT2D eigenvalue weighted by Crippen LogP contribution is 2.23. The molecule has 142 valence electrons. The zero-order chi connectivity index (χ0) is 20.1. The molecule has 0 unspecified atom stereocenters. The predicted molar refractivity (Wildman–Crippen MR) is 113 cm³/mol. The van der Waals surface area contributed by atoms with E-state index in [1.54, 1.807) is 19.3 Å². The molecule has 0 aliphatic carbocycles. The van der Waals surface area contributed by atoms with Crippen molar-refractivity contribution in [2.75, 3.05) is 19.0 Å². The number of carbonyl (C=O) groups excluding carboxylic acids is 1. The van der Waals surface area contributed by atoms with Crippen molar-refractivity contribution in [2.24, 2.45) is 0 Å². The van der Waals surface area contributed by atoms with Gasteiger partial charge in [0.05, 0.1) is 6.20 Å². The monoisotopic (exact) mass is 373 g/mol. The third-order valence-electron chi connectivity index (χ3n) is 4.26. The maximum Gasteiger partial charge on any atom is 0.227 e. The second-order valence-electron chi connectivity index (χ2n) is 6.73. The molecule has 0 aliphatic rings. The highest BCUT2D eigenvalue weighted by atomic mass is 16.3. The molecule has 2 aromatic carbocycles. The summed E-state index contributed by atoms with van der Waals surface area (Å²) < 4.78 is 5.64. The molecule has 2 aromatic heterocycles. The summed E-state index contributed by atoms with van der Waals surface area (Å²) in [5.41, 5.74) is 5.59. The number of fused-ring (bicyclic) bond motifs is 1. The highest BCUT2D eigenvalue weighted by Gasteiger charge is 2.07. The van der Waals surface area contributed by atoms with Crippen LogP contribution < -0.4 is 4.90 Å². The maximum absolute atomic E-state index is 11.0. The molecule has 0 N–H and O–H groups in total. The molecule has 0 fully saturated rings. The summed E-state index contributed by atoms with van der Waals surface area (Å²) in [7, 11) is 3.92. The minimum absolute atomic E-state index is 0.110. The number of Topliss-reactive ketones (excluding diaryl/α,β-unsaturated/α-hetero) is 1. The molecule has 0 spiro atoms. The summed E-state index contributed by atoms with van der Waals surface area (Å²) >= 11 is 0. The number of aryl methyl sites for hydroxylation is 1. The Morgan fingerprint density at radius 2 is 1.79 bits per heavy atom. The fourth-order valence-electron chi connectivity index (χ4n) is 2.60. The minimum atomic E-state index is 0.110. The van der Waals surface area contributed by atoms with Gasteiger partial charge in [0, 0.05) is 43.2 Å². The largest absolute Gasteiger partial charge is 0.436 e. The summed E-state index contributed by atoms with van der Waals surface area (Å²) in [6, 6.07) is 17.5. The lowest BCUT2D eigenvalue weighted by atomic mass is 10.1. The van der Waals surface area contributed by atoms with E-state index >= 15 is 0 Å². The van der Waals surface area contributed by atoms with Gasteiger partial charge in [0.25, 0.3) is 0 Å². The molecule has 0 bridgehead atoms. The molecule has 4 aromatic rings. The van der Waals surface area contributed by atoms with Crippen molar-refractivity contribution in [3.05, 3.63) is 78.1 Å². The smallest absolute Gasteiger partial charge is 0.227 e. The average molecular weight is 373 g/mol. The van der Waals surface area contributed by atoms with E-state index in [0.717, 1.165) is 27.9 Å². The first-order valence-electron chi connectivity index (χ1n) is 9.00. The molecule has 0 radical (unpaired) electrons. The number of oxazole rings is 1. The number of anilines is 1. The van der Waals surface area contributed by atoms with Gasteiger partial charge < -0.3 is 9.32 Å². The van der Waals surface area contributed by atoms with E-state index in [1.807, 2.05) is 73.6 Å². The van der Waals surface area contributed by atoms with Crippen molar-refractivity contribution in [1.29, 1.82) is 0 Å². The molecule has 0 atom stereocenters.